The summed E-state index contributed by atoms with van der Waals surface area (Å²) in [5.74, 6) is 0.936. The van der Waals surface area contributed by atoms with E-state index in [4.69, 9.17) is 5.11 Å². The third kappa shape index (κ3) is 2.22. The highest BCUT2D eigenvalue weighted by Gasteiger charge is 2.26. The van der Waals surface area contributed by atoms with Gasteiger partial charge in [-0.2, -0.15) is 0 Å². The third-order valence-corrected chi connectivity index (χ3v) is 3.10. The monoisotopic (exact) mass is 244 g/mol. The lowest BCUT2D eigenvalue weighted by Crippen LogP contribution is -2.05. The van der Waals surface area contributed by atoms with E-state index in [0.29, 0.717) is 12.6 Å². The quantitative estimate of drug-likeness (QED) is 0.840. The molecular formula is C13H16N4O. The molecule has 0 atom stereocenters. The summed E-state index contributed by atoms with van der Waals surface area (Å²) >= 11 is 0. The summed E-state index contributed by atoms with van der Waals surface area (Å²) in [6.07, 6.45) is 4.26. The molecule has 1 aromatic carbocycles. The number of anilines is 1. The van der Waals surface area contributed by atoms with Crippen LogP contribution in [0.5, 0.6) is 0 Å². The van der Waals surface area contributed by atoms with Gasteiger partial charge in [-0.05, 0) is 37.1 Å². The third-order valence-electron chi connectivity index (χ3n) is 3.10. The van der Waals surface area contributed by atoms with Gasteiger partial charge >= 0.3 is 0 Å². The fraction of sp³-hybridized carbons (Fsp3) is 0.385. The van der Waals surface area contributed by atoms with E-state index in [0.717, 1.165) is 17.1 Å². The van der Waals surface area contributed by atoms with Gasteiger partial charge in [0.15, 0.2) is 5.82 Å². The molecule has 2 N–H and O–H groups in total. The van der Waals surface area contributed by atoms with Gasteiger partial charge in [0.05, 0.1) is 6.61 Å². The average Bonchev–Trinajstić information content (AvgIpc) is 3.15. The zero-order chi connectivity index (χ0) is 12.4. The lowest BCUT2D eigenvalue weighted by atomic mass is 10.2. The molecule has 0 aliphatic heterocycles. The normalized spacial score (nSPS) is 14.7. The maximum Gasteiger partial charge on any atom is 0.164 e. The first kappa shape index (κ1) is 11.2. The number of nitrogens with zero attached hydrogens (tertiary/aromatic N) is 3. The van der Waals surface area contributed by atoms with Gasteiger partial charge < -0.3 is 15.0 Å². The molecule has 1 aliphatic rings. The van der Waals surface area contributed by atoms with Crippen LogP contribution in [0.15, 0.2) is 30.6 Å². The van der Waals surface area contributed by atoms with Crippen LogP contribution in [0.1, 0.15) is 18.9 Å². The first-order chi connectivity index (χ1) is 8.88. The Balaban J connectivity index is 1.81. The van der Waals surface area contributed by atoms with Gasteiger partial charge in [-0.15, -0.1) is 10.2 Å². The second-order valence-electron chi connectivity index (χ2n) is 4.52. The first-order valence-corrected chi connectivity index (χ1v) is 6.23. The van der Waals surface area contributed by atoms with Crippen LogP contribution in [0.4, 0.5) is 5.69 Å². The zero-order valence-electron chi connectivity index (χ0n) is 10.1. The van der Waals surface area contributed by atoms with E-state index in [-0.39, 0.29) is 6.61 Å². The largest absolute Gasteiger partial charge is 0.395 e. The maximum absolute atomic E-state index is 8.75. The zero-order valence-corrected chi connectivity index (χ0v) is 10.1. The van der Waals surface area contributed by atoms with Crippen molar-refractivity contribution in [2.24, 2.45) is 0 Å². The summed E-state index contributed by atoms with van der Waals surface area (Å²) in [5, 5.41) is 20.1. The molecule has 1 saturated carbocycles. The van der Waals surface area contributed by atoms with Crippen molar-refractivity contribution in [3.05, 3.63) is 30.6 Å². The molecule has 0 spiro atoms. The number of aromatic nitrogens is 3. The number of hydrogen-bond donors (Lipinski definition) is 2. The number of aliphatic hydroxyl groups excluding tert-OH is 1. The van der Waals surface area contributed by atoms with E-state index in [1.54, 1.807) is 0 Å². The van der Waals surface area contributed by atoms with E-state index in [9.17, 15) is 0 Å². The molecule has 0 bridgehead atoms. The van der Waals surface area contributed by atoms with Gasteiger partial charge in [-0.3, -0.25) is 0 Å². The van der Waals surface area contributed by atoms with Gasteiger partial charge in [0, 0.05) is 23.8 Å². The molecule has 1 aliphatic carbocycles. The molecule has 1 fully saturated rings. The molecular weight excluding hydrogens is 228 g/mol. The Labute approximate surface area is 105 Å². The number of nitrogens with one attached hydrogen (secondary N) is 1. The molecule has 0 radical (unpaired) electrons. The van der Waals surface area contributed by atoms with Crippen molar-refractivity contribution >= 4 is 5.69 Å². The van der Waals surface area contributed by atoms with Crippen molar-refractivity contribution in [2.75, 3.05) is 18.5 Å². The SMILES string of the molecule is OCCNc1ccc(-c2nncn2C2CC2)cc1. The number of rotatable bonds is 5. The molecule has 5 nitrogen and oxygen atoms in total. The smallest absolute Gasteiger partial charge is 0.164 e. The summed E-state index contributed by atoms with van der Waals surface area (Å²) in [6.45, 7) is 0.704. The van der Waals surface area contributed by atoms with E-state index in [2.05, 4.69) is 20.1 Å². The van der Waals surface area contributed by atoms with Gasteiger partial charge in [-0.25, -0.2) is 0 Å². The Morgan fingerprint density at radius 3 is 2.72 bits per heavy atom. The molecule has 0 unspecified atom stereocenters. The second-order valence-corrected chi connectivity index (χ2v) is 4.52. The summed E-state index contributed by atoms with van der Waals surface area (Å²) < 4.78 is 2.15. The van der Waals surface area contributed by atoms with Crippen LogP contribution in [0.2, 0.25) is 0 Å². The van der Waals surface area contributed by atoms with E-state index < -0.39 is 0 Å². The second kappa shape index (κ2) is 4.78. The Morgan fingerprint density at radius 1 is 1.28 bits per heavy atom. The van der Waals surface area contributed by atoms with Crippen LogP contribution in [0, 0.1) is 0 Å². The van der Waals surface area contributed by atoms with E-state index >= 15 is 0 Å². The van der Waals surface area contributed by atoms with Gasteiger partial charge in [0.2, 0.25) is 0 Å². The Hall–Kier alpha value is -1.88. The van der Waals surface area contributed by atoms with Crippen molar-refractivity contribution in [3.63, 3.8) is 0 Å². The van der Waals surface area contributed by atoms with E-state index in [1.807, 2.05) is 30.6 Å². The minimum absolute atomic E-state index is 0.137. The molecule has 2 aromatic rings. The Bertz CT molecular complexity index is 516. The molecule has 0 amide bonds. The van der Waals surface area contributed by atoms with Crippen LogP contribution in [0.25, 0.3) is 11.4 Å². The van der Waals surface area contributed by atoms with Gasteiger partial charge in [-0.1, -0.05) is 0 Å². The molecule has 3 rings (SSSR count). The summed E-state index contributed by atoms with van der Waals surface area (Å²) in [4.78, 5) is 0. The number of hydrogen-bond acceptors (Lipinski definition) is 4. The Morgan fingerprint density at radius 2 is 2.06 bits per heavy atom. The highest BCUT2D eigenvalue weighted by molar-refractivity contribution is 5.60. The van der Waals surface area contributed by atoms with E-state index in [1.165, 1.54) is 12.8 Å². The van der Waals surface area contributed by atoms with Crippen molar-refractivity contribution in [1.82, 2.24) is 14.8 Å². The molecule has 1 heterocycles. The molecule has 18 heavy (non-hydrogen) atoms. The highest BCUT2D eigenvalue weighted by atomic mass is 16.3. The standard InChI is InChI=1S/C13H16N4O/c18-8-7-14-11-3-1-10(2-4-11)13-16-15-9-17(13)12-5-6-12/h1-4,9,12,14,18H,5-8H2. The Kier molecular flexibility index (Phi) is 2.98. The fourth-order valence-corrected chi connectivity index (χ4v) is 2.01. The molecule has 0 saturated heterocycles. The van der Waals surface area contributed by atoms with Crippen molar-refractivity contribution in [3.8, 4) is 11.4 Å². The van der Waals surface area contributed by atoms with Crippen molar-refractivity contribution < 1.29 is 5.11 Å². The number of benzene rings is 1. The summed E-state index contributed by atoms with van der Waals surface area (Å²) in [7, 11) is 0. The maximum atomic E-state index is 8.75. The van der Waals surface area contributed by atoms with Crippen molar-refractivity contribution in [1.29, 1.82) is 0 Å². The fourth-order valence-electron chi connectivity index (χ4n) is 2.01. The van der Waals surface area contributed by atoms with Gasteiger partial charge in [0.1, 0.15) is 6.33 Å². The van der Waals surface area contributed by atoms with Crippen LogP contribution >= 0.6 is 0 Å². The molecule has 5 heteroatoms. The highest BCUT2D eigenvalue weighted by Crippen LogP contribution is 2.37. The van der Waals surface area contributed by atoms with Crippen LogP contribution < -0.4 is 5.32 Å². The molecule has 1 aromatic heterocycles. The van der Waals surface area contributed by atoms with Crippen LogP contribution in [0.3, 0.4) is 0 Å². The van der Waals surface area contributed by atoms with Crippen LogP contribution in [-0.2, 0) is 0 Å². The minimum Gasteiger partial charge on any atom is -0.395 e. The number of aliphatic hydroxyl groups is 1. The summed E-state index contributed by atoms with van der Waals surface area (Å²) in [6, 6.07) is 8.64. The average molecular weight is 244 g/mol. The first-order valence-electron chi connectivity index (χ1n) is 6.23. The minimum atomic E-state index is 0.137. The van der Waals surface area contributed by atoms with Gasteiger partial charge in [0.25, 0.3) is 0 Å². The van der Waals surface area contributed by atoms with Crippen LogP contribution in [-0.4, -0.2) is 33.0 Å². The lowest BCUT2D eigenvalue weighted by Gasteiger charge is -2.07. The lowest BCUT2D eigenvalue weighted by molar-refractivity contribution is 0.311. The summed E-state index contributed by atoms with van der Waals surface area (Å²) in [5.41, 5.74) is 2.08. The topological polar surface area (TPSA) is 63.0 Å². The molecule has 94 valence electrons. The predicted octanol–water partition coefficient (Wildman–Crippen LogP) is 1.68. The predicted molar refractivity (Wildman–Crippen MR) is 69.3 cm³/mol. The van der Waals surface area contributed by atoms with Crippen molar-refractivity contribution in [2.45, 2.75) is 18.9 Å².